The predicted molar refractivity (Wildman–Crippen MR) is 68.2 cm³/mol. The van der Waals surface area contributed by atoms with E-state index < -0.39 is 0 Å². The van der Waals surface area contributed by atoms with Gasteiger partial charge in [0.05, 0.1) is 0 Å². The second-order valence-electron chi connectivity index (χ2n) is 4.95. The lowest BCUT2D eigenvalue weighted by molar-refractivity contribution is 0.183. The molecule has 0 aromatic heterocycles. The zero-order valence-electron chi connectivity index (χ0n) is 9.95. The molecule has 2 unspecified atom stereocenters. The van der Waals surface area contributed by atoms with E-state index in [1.54, 1.807) is 0 Å². The maximum atomic E-state index is 6.00. The lowest BCUT2D eigenvalue weighted by Gasteiger charge is -2.21. The number of rotatable bonds is 4. The minimum absolute atomic E-state index is 0.323. The summed E-state index contributed by atoms with van der Waals surface area (Å²) in [7, 11) is 0. The highest BCUT2D eigenvalue weighted by molar-refractivity contribution is 6.18. The molecule has 1 aromatic rings. The van der Waals surface area contributed by atoms with Gasteiger partial charge >= 0.3 is 0 Å². The van der Waals surface area contributed by atoms with Gasteiger partial charge in [0.15, 0.2) is 0 Å². The molecule has 2 rings (SSSR count). The Hall–Kier alpha value is -0.690. The molecule has 0 bridgehead atoms. The molecule has 16 heavy (non-hydrogen) atoms. The first kappa shape index (κ1) is 11.8. The largest absolute Gasteiger partial charge is 0.490 e. The summed E-state index contributed by atoms with van der Waals surface area (Å²) in [4.78, 5) is 0. The van der Waals surface area contributed by atoms with Crippen molar-refractivity contribution in [2.24, 2.45) is 11.8 Å². The maximum Gasteiger partial charge on any atom is 0.123 e. The summed E-state index contributed by atoms with van der Waals surface area (Å²) in [6, 6.07) is 8.32. The predicted octanol–water partition coefficient (Wildman–Crippen LogP) is 3.89. The molecule has 0 amide bonds. The van der Waals surface area contributed by atoms with Crippen molar-refractivity contribution >= 4 is 11.6 Å². The van der Waals surface area contributed by atoms with E-state index in [4.69, 9.17) is 16.3 Å². The molecule has 1 aliphatic rings. The summed E-state index contributed by atoms with van der Waals surface area (Å²) in [6.45, 7) is 4.46. The summed E-state index contributed by atoms with van der Waals surface area (Å²) >= 11 is 6.00. The van der Waals surface area contributed by atoms with Crippen LogP contribution >= 0.6 is 11.6 Å². The van der Waals surface area contributed by atoms with Crippen LogP contribution in [0.3, 0.4) is 0 Å². The van der Waals surface area contributed by atoms with E-state index in [9.17, 15) is 0 Å². The van der Waals surface area contributed by atoms with Crippen molar-refractivity contribution in [2.45, 2.75) is 32.8 Å². The fourth-order valence-electron chi connectivity index (χ4n) is 2.24. The van der Waals surface area contributed by atoms with Crippen molar-refractivity contribution < 1.29 is 4.74 Å². The molecule has 1 aromatic carbocycles. The summed E-state index contributed by atoms with van der Waals surface area (Å²) in [6.07, 6.45) is 2.43. The van der Waals surface area contributed by atoms with Gasteiger partial charge in [0.25, 0.3) is 0 Å². The van der Waals surface area contributed by atoms with Crippen molar-refractivity contribution in [2.75, 3.05) is 5.88 Å². The van der Waals surface area contributed by atoms with Crippen LogP contribution in [0.1, 0.15) is 25.8 Å². The highest BCUT2D eigenvalue weighted by Gasteiger charge is 2.26. The molecule has 88 valence electrons. The maximum absolute atomic E-state index is 6.00. The standard InChI is InChI=1S/C14H19ClO/c1-10(2)12(9-15)8-13-7-11-5-3-4-6-14(11)16-13/h3-6,10,12-13H,7-9H2,1-2H3. The lowest BCUT2D eigenvalue weighted by atomic mass is 9.90. The van der Waals surface area contributed by atoms with E-state index in [1.165, 1.54) is 5.56 Å². The van der Waals surface area contributed by atoms with Gasteiger partial charge < -0.3 is 4.74 Å². The lowest BCUT2D eigenvalue weighted by Crippen LogP contribution is -2.22. The van der Waals surface area contributed by atoms with Gasteiger partial charge in [-0.2, -0.15) is 0 Å². The number of halogens is 1. The Kier molecular flexibility index (Phi) is 3.75. The van der Waals surface area contributed by atoms with Crippen LogP contribution in [-0.2, 0) is 6.42 Å². The van der Waals surface area contributed by atoms with Crippen molar-refractivity contribution in [1.29, 1.82) is 0 Å². The van der Waals surface area contributed by atoms with Crippen LogP contribution in [0.5, 0.6) is 5.75 Å². The number of hydrogen-bond donors (Lipinski definition) is 0. The number of alkyl halides is 1. The fraction of sp³-hybridized carbons (Fsp3) is 0.571. The third-order valence-corrected chi connectivity index (χ3v) is 3.82. The van der Waals surface area contributed by atoms with Crippen molar-refractivity contribution in [3.05, 3.63) is 29.8 Å². The summed E-state index contributed by atoms with van der Waals surface area (Å²) in [5.74, 6) is 2.98. The minimum Gasteiger partial charge on any atom is -0.490 e. The first-order valence-corrected chi connectivity index (χ1v) is 6.54. The number of fused-ring (bicyclic) bond motifs is 1. The van der Waals surface area contributed by atoms with Crippen LogP contribution in [0, 0.1) is 11.8 Å². The first-order chi connectivity index (χ1) is 7.70. The van der Waals surface area contributed by atoms with Crippen LogP contribution in [0.2, 0.25) is 0 Å². The number of para-hydroxylation sites is 1. The smallest absolute Gasteiger partial charge is 0.123 e. The number of hydrogen-bond acceptors (Lipinski definition) is 1. The average molecular weight is 239 g/mol. The monoisotopic (exact) mass is 238 g/mol. The molecule has 0 spiro atoms. The molecule has 0 N–H and O–H groups in total. The molecule has 0 saturated carbocycles. The van der Waals surface area contributed by atoms with Crippen molar-refractivity contribution in [3.63, 3.8) is 0 Å². The van der Waals surface area contributed by atoms with E-state index in [0.29, 0.717) is 17.9 Å². The molecule has 2 atom stereocenters. The molecular formula is C14H19ClO. The van der Waals surface area contributed by atoms with E-state index in [-0.39, 0.29) is 0 Å². The normalized spacial score (nSPS) is 20.6. The molecule has 0 fully saturated rings. The van der Waals surface area contributed by atoms with Crippen LogP contribution in [0.25, 0.3) is 0 Å². The molecule has 1 heterocycles. The van der Waals surface area contributed by atoms with Crippen LogP contribution in [0.15, 0.2) is 24.3 Å². The van der Waals surface area contributed by atoms with Gasteiger partial charge in [-0.05, 0) is 29.9 Å². The molecule has 0 saturated heterocycles. The van der Waals surface area contributed by atoms with Gasteiger partial charge in [-0.25, -0.2) is 0 Å². The second-order valence-corrected chi connectivity index (χ2v) is 5.25. The Morgan fingerprint density at radius 1 is 1.38 bits per heavy atom. The van der Waals surface area contributed by atoms with Gasteiger partial charge in [-0.1, -0.05) is 32.0 Å². The van der Waals surface area contributed by atoms with Crippen molar-refractivity contribution in [1.82, 2.24) is 0 Å². The topological polar surface area (TPSA) is 9.23 Å². The molecular weight excluding hydrogens is 220 g/mol. The van der Waals surface area contributed by atoms with E-state index in [0.717, 1.165) is 24.5 Å². The fourth-order valence-corrected chi connectivity index (χ4v) is 2.72. The Morgan fingerprint density at radius 2 is 2.12 bits per heavy atom. The highest BCUT2D eigenvalue weighted by Crippen LogP contribution is 2.32. The molecule has 2 heteroatoms. The van der Waals surface area contributed by atoms with Crippen LogP contribution in [0.4, 0.5) is 0 Å². The Bertz CT molecular complexity index is 323. The zero-order chi connectivity index (χ0) is 11.5. The van der Waals surface area contributed by atoms with E-state index >= 15 is 0 Å². The molecule has 1 aliphatic heterocycles. The van der Waals surface area contributed by atoms with Gasteiger partial charge in [0, 0.05) is 12.3 Å². The van der Waals surface area contributed by atoms with Crippen molar-refractivity contribution in [3.8, 4) is 5.75 Å². The first-order valence-electron chi connectivity index (χ1n) is 6.01. The average Bonchev–Trinajstić information content (AvgIpc) is 2.67. The SMILES string of the molecule is CC(C)C(CCl)CC1Cc2ccccc2O1. The van der Waals surface area contributed by atoms with Gasteiger partial charge in [-0.15, -0.1) is 11.6 Å². The Balaban J connectivity index is 1.96. The number of benzene rings is 1. The second kappa shape index (κ2) is 5.09. The molecule has 0 radical (unpaired) electrons. The Morgan fingerprint density at radius 3 is 2.75 bits per heavy atom. The Labute approximate surface area is 103 Å². The summed E-state index contributed by atoms with van der Waals surface area (Å²) in [5, 5.41) is 0. The molecule has 1 nitrogen and oxygen atoms in total. The number of ether oxygens (including phenoxy) is 1. The quantitative estimate of drug-likeness (QED) is 0.724. The third kappa shape index (κ3) is 2.52. The van der Waals surface area contributed by atoms with Crippen LogP contribution < -0.4 is 4.74 Å². The minimum atomic E-state index is 0.323. The van der Waals surface area contributed by atoms with Gasteiger partial charge in [-0.3, -0.25) is 0 Å². The molecule has 0 aliphatic carbocycles. The summed E-state index contributed by atoms with van der Waals surface area (Å²) < 4.78 is 5.93. The van der Waals surface area contributed by atoms with Crippen LogP contribution in [-0.4, -0.2) is 12.0 Å². The van der Waals surface area contributed by atoms with Gasteiger partial charge in [0.2, 0.25) is 0 Å². The van der Waals surface area contributed by atoms with Gasteiger partial charge in [0.1, 0.15) is 11.9 Å². The van der Waals surface area contributed by atoms with E-state index in [2.05, 4.69) is 32.0 Å². The summed E-state index contributed by atoms with van der Waals surface area (Å²) in [5.41, 5.74) is 1.34. The zero-order valence-corrected chi connectivity index (χ0v) is 10.7. The third-order valence-electron chi connectivity index (χ3n) is 3.42. The highest BCUT2D eigenvalue weighted by atomic mass is 35.5. The van der Waals surface area contributed by atoms with E-state index in [1.807, 2.05) is 6.07 Å².